The number of nitrogens with two attached hydrogens (primary N) is 1. The van der Waals surface area contributed by atoms with Crippen molar-refractivity contribution in [3.8, 4) is 0 Å². The van der Waals surface area contributed by atoms with Gasteiger partial charge in [0.25, 0.3) is 0 Å². The Kier molecular flexibility index (Phi) is 4.11. The van der Waals surface area contributed by atoms with Crippen molar-refractivity contribution in [1.29, 1.82) is 0 Å². The van der Waals surface area contributed by atoms with Gasteiger partial charge in [-0.15, -0.1) is 0 Å². The second-order valence-corrected chi connectivity index (χ2v) is 5.39. The van der Waals surface area contributed by atoms with Crippen LogP contribution in [0.2, 0.25) is 0 Å². The molecule has 98 valence electrons. The SMILES string of the molecule is CCCN(CC1CC1)c1nc(C)cc(C(N)=S)n1. The molecule has 1 saturated carbocycles. The van der Waals surface area contributed by atoms with Gasteiger partial charge in [0, 0.05) is 18.8 Å². The molecule has 1 fully saturated rings. The number of hydrogen-bond acceptors (Lipinski definition) is 4. The largest absolute Gasteiger partial charge is 0.388 e. The van der Waals surface area contributed by atoms with E-state index in [1.54, 1.807) is 0 Å². The summed E-state index contributed by atoms with van der Waals surface area (Å²) in [4.78, 5) is 11.6. The number of anilines is 1. The maximum absolute atomic E-state index is 5.66. The Labute approximate surface area is 114 Å². The van der Waals surface area contributed by atoms with Crippen LogP contribution in [0.25, 0.3) is 0 Å². The molecule has 2 N–H and O–H groups in total. The van der Waals surface area contributed by atoms with Gasteiger partial charge < -0.3 is 10.6 Å². The molecule has 1 heterocycles. The van der Waals surface area contributed by atoms with Gasteiger partial charge in [-0.3, -0.25) is 0 Å². The minimum atomic E-state index is 0.338. The maximum Gasteiger partial charge on any atom is 0.226 e. The molecule has 0 bridgehead atoms. The summed E-state index contributed by atoms with van der Waals surface area (Å²) in [7, 11) is 0. The van der Waals surface area contributed by atoms with Crippen molar-refractivity contribution in [3.05, 3.63) is 17.5 Å². The van der Waals surface area contributed by atoms with Gasteiger partial charge >= 0.3 is 0 Å². The normalized spacial score (nSPS) is 14.6. The second kappa shape index (κ2) is 5.61. The van der Waals surface area contributed by atoms with Gasteiger partial charge in [-0.05, 0) is 38.2 Å². The third-order valence-electron chi connectivity index (χ3n) is 3.05. The number of aryl methyl sites for hydroxylation is 1. The molecule has 0 radical (unpaired) electrons. The standard InChI is InChI=1S/C13H20N4S/c1-3-6-17(8-10-4-5-10)13-15-9(2)7-11(16-13)12(14)18/h7,10H,3-6,8H2,1-2H3,(H2,14,18). The zero-order chi connectivity index (χ0) is 13.1. The van der Waals surface area contributed by atoms with Gasteiger partial charge in [0.15, 0.2) is 0 Å². The molecule has 0 saturated heterocycles. The number of nitrogens with zero attached hydrogens (tertiary/aromatic N) is 3. The van der Waals surface area contributed by atoms with Gasteiger partial charge in [-0.1, -0.05) is 19.1 Å². The summed E-state index contributed by atoms with van der Waals surface area (Å²) in [6.45, 7) is 6.16. The van der Waals surface area contributed by atoms with Crippen LogP contribution in [0.5, 0.6) is 0 Å². The Morgan fingerprint density at radius 1 is 1.50 bits per heavy atom. The lowest BCUT2D eigenvalue weighted by Crippen LogP contribution is -2.29. The molecular formula is C13H20N4S. The molecule has 1 aliphatic rings. The zero-order valence-electron chi connectivity index (χ0n) is 11.0. The molecule has 2 rings (SSSR count). The summed E-state index contributed by atoms with van der Waals surface area (Å²) < 4.78 is 0. The topological polar surface area (TPSA) is 55.0 Å². The highest BCUT2D eigenvalue weighted by Gasteiger charge is 2.25. The summed E-state index contributed by atoms with van der Waals surface area (Å²) in [6, 6.07) is 1.84. The molecule has 1 aliphatic carbocycles. The van der Waals surface area contributed by atoms with E-state index < -0.39 is 0 Å². The van der Waals surface area contributed by atoms with Gasteiger partial charge in [0.1, 0.15) is 10.7 Å². The summed E-state index contributed by atoms with van der Waals surface area (Å²) in [5, 5.41) is 0. The van der Waals surface area contributed by atoms with Crippen molar-refractivity contribution >= 4 is 23.2 Å². The summed E-state index contributed by atoms with van der Waals surface area (Å²) >= 11 is 5.00. The van der Waals surface area contributed by atoms with E-state index in [0.717, 1.165) is 37.1 Å². The van der Waals surface area contributed by atoms with Gasteiger partial charge in [-0.2, -0.15) is 0 Å². The Hall–Kier alpha value is -1.23. The van der Waals surface area contributed by atoms with Crippen LogP contribution in [0.15, 0.2) is 6.07 Å². The van der Waals surface area contributed by atoms with Crippen molar-refractivity contribution < 1.29 is 0 Å². The first-order valence-corrected chi connectivity index (χ1v) is 6.91. The fourth-order valence-electron chi connectivity index (χ4n) is 1.98. The number of hydrogen-bond donors (Lipinski definition) is 1. The van der Waals surface area contributed by atoms with E-state index in [2.05, 4.69) is 21.8 Å². The minimum Gasteiger partial charge on any atom is -0.388 e. The van der Waals surface area contributed by atoms with Crippen LogP contribution in [0, 0.1) is 12.8 Å². The first-order chi connectivity index (χ1) is 8.60. The van der Waals surface area contributed by atoms with Gasteiger partial charge in [0.05, 0.1) is 0 Å². The smallest absolute Gasteiger partial charge is 0.226 e. The number of thiocarbonyl (C=S) groups is 1. The zero-order valence-corrected chi connectivity index (χ0v) is 11.8. The molecule has 1 aromatic heterocycles. The predicted octanol–water partition coefficient (Wildman–Crippen LogP) is 2.05. The molecule has 0 spiro atoms. The highest BCUT2D eigenvalue weighted by molar-refractivity contribution is 7.80. The van der Waals surface area contributed by atoms with E-state index in [9.17, 15) is 0 Å². The second-order valence-electron chi connectivity index (χ2n) is 4.95. The number of rotatable bonds is 6. The monoisotopic (exact) mass is 264 g/mol. The summed E-state index contributed by atoms with van der Waals surface area (Å²) in [6.07, 6.45) is 3.74. The fourth-order valence-corrected chi connectivity index (χ4v) is 2.08. The first-order valence-electron chi connectivity index (χ1n) is 6.50. The molecule has 4 nitrogen and oxygen atoms in total. The number of aromatic nitrogens is 2. The van der Waals surface area contributed by atoms with Gasteiger partial charge in [0.2, 0.25) is 5.95 Å². The van der Waals surface area contributed by atoms with E-state index in [4.69, 9.17) is 18.0 Å². The molecule has 0 atom stereocenters. The van der Waals surface area contributed by atoms with Crippen molar-refractivity contribution in [1.82, 2.24) is 9.97 Å². The molecule has 0 unspecified atom stereocenters. The average molecular weight is 264 g/mol. The third kappa shape index (κ3) is 3.38. The Bertz CT molecular complexity index is 443. The lowest BCUT2D eigenvalue weighted by atomic mass is 10.3. The first kappa shape index (κ1) is 13.2. The lowest BCUT2D eigenvalue weighted by molar-refractivity contribution is 0.686. The van der Waals surface area contributed by atoms with Crippen LogP contribution in [-0.4, -0.2) is 28.0 Å². The highest BCUT2D eigenvalue weighted by Crippen LogP contribution is 2.30. The summed E-state index contributed by atoms with van der Waals surface area (Å²) in [5.41, 5.74) is 7.25. The van der Waals surface area contributed by atoms with Crippen molar-refractivity contribution in [3.63, 3.8) is 0 Å². The lowest BCUT2D eigenvalue weighted by Gasteiger charge is -2.22. The minimum absolute atomic E-state index is 0.338. The van der Waals surface area contributed by atoms with E-state index in [1.807, 2.05) is 13.0 Å². The van der Waals surface area contributed by atoms with E-state index in [-0.39, 0.29) is 0 Å². The average Bonchev–Trinajstić information content (AvgIpc) is 3.11. The van der Waals surface area contributed by atoms with Crippen LogP contribution >= 0.6 is 12.2 Å². The Morgan fingerprint density at radius 3 is 2.78 bits per heavy atom. The van der Waals surface area contributed by atoms with E-state index >= 15 is 0 Å². The Morgan fingerprint density at radius 2 is 2.22 bits per heavy atom. The van der Waals surface area contributed by atoms with Crippen molar-refractivity contribution in [2.45, 2.75) is 33.1 Å². The molecule has 0 aromatic carbocycles. The van der Waals surface area contributed by atoms with Gasteiger partial charge in [-0.25, -0.2) is 9.97 Å². The van der Waals surface area contributed by atoms with Crippen LogP contribution in [0.1, 0.15) is 37.6 Å². The quantitative estimate of drug-likeness (QED) is 0.797. The molecule has 0 amide bonds. The third-order valence-corrected chi connectivity index (χ3v) is 3.26. The predicted molar refractivity (Wildman–Crippen MR) is 77.9 cm³/mol. The molecule has 0 aliphatic heterocycles. The van der Waals surface area contributed by atoms with Crippen LogP contribution in [-0.2, 0) is 0 Å². The molecule has 5 heteroatoms. The van der Waals surface area contributed by atoms with Crippen LogP contribution < -0.4 is 10.6 Å². The van der Waals surface area contributed by atoms with Crippen molar-refractivity contribution in [2.75, 3.05) is 18.0 Å². The van der Waals surface area contributed by atoms with E-state index in [0.29, 0.717) is 10.7 Å². The molecule has 1 aromatic rings. The fraction of sp³-hybridized carbons (Fsp3) is 0.615. The van der Waals surface area contributed by atoms with E-state index in [1.165, 1.54) is 12.8 Å². The highest BCUT2D eigenvalue weighted by atomic mass is 32.1. The maximum atomic E-state index is 5.66. The summed E-state index contributed by atoms with van der Waals surface area (Å²) in [5.74, 6) is 1.58. The van der Waals surface area contributed by atoms with Crippen LogP contribution in [0.4, 0.5) is 5.95 Å². The molecular weight excluding hydrogens is 244 g/mol. The molecule has 18 heavy (non-hydrogen) atoms. The Balaban J connectivity index is 2.24. The van der Waals surface area contributed by atoms with Crippen molar-refractivity contribution in [2.24, 2.45) is 11.7 Å². The van der Waals surface area contributed by atoms with Crippen LogP contribution in [0.3, 0.4) is 0 Å².